The molecule has 0 spiro atoms. The second-order valence-corrected chi connectivity index (χ2v) is 6.73. The van der Waals surface area contributed by atoms with Crippen LogP contribution in [0.3, 0.4) is 0 Å². The normalized spacial score (nSPS) is 18.5. The second kappa shape index (κ2) is 10.8. The molecule has 0 saturated carbocycles. The van der Waals surface area contributed by atoms with Gasteiger partial charge in [0.15, 0.2) is 0 Å². The molecule has 8 heteroatoms. The quantitative estimate of drug-likeness (QED) is 0.585. The molecular formula is C20H27FN2O5. The first-order chi connectivity index (χ1) is 13.5. The number of nitrogens with one attached hydrogen (secondary N) is 1. The van der Waals surface area contributed by atoms with E-state index >= 15 is 0 Å². The number of amides is 1. The lowest BCUT2D eigenvalue weighted by Gasteiger charge is -2.28. The molecule has 0 bridgehead atoms. The van der Waals surface area contributed by atoms with Gasteiger partial charge in [-0.1, -0.05) is 30.3 Å². The van der Waals surface area contributed by atoms with E-state index in [0.29, 0.717) is 25.7 Å². The van der Waals surface area contributed by atoms with Gasteiger partial charge in [-0.05, 0) is 38.2 Å². The topological polar surface area (TPSA) is 95.9 Å². The summed E-state index contributed by atoms with van der Waals surface area (Å²) in [5.41, 5.74) is 1.01. The zero-order valence-electron chi connectivity index (χ0n) is 16.0. The summed E-state index contributed by atoms with van der Waals surface area (Å²) >= 11 is 0. The summed E-state index contributed by atoms with van der Waals surface area (Å²) < 4.78 is 18.7. The number of aryl methyl sites for hydroxylation is 1. The SMILES string of the molecule is CCOC(=O)C(CCc1ccccc1)N[C@@H](CF)C(=O)N1CCC[C@H]1C(=O)O. The van der Waals surface area contributed by atoms with Crippen LogP contribution >= 0.6 is 0 Å². The first kappa shape index (κ1) is 21.8. The number of ether oxygens (including phenoxy) is 1. The van der Waals surface area contributed by atoms with Crippen LogP contribution in [0.2, 0.25) is 0 Å². The molecule has 1 saturated heterocycles. The van der Waals surface area contributed by atoms with Gasteiger partial charge in [0.05, 0.1) is 6.61 Å². The van der Waals surface area contributed by atoms with Crippen molar-refractivity contribution in [1.82, 2.24) is 10.2 Å². The Morgan fingerprint density at radius 1 is 1.29 bits per heavy atom. The number of likely N-dealkylation sites (tertiary alicyclic amines) is 1. The highest BCUT2D eigenvalue weighted by atomic mass is 19.1. The Bertz CT molecular complexity index is 670. The van der Waals surface area contributed by atoms with Gasteiger partial charge >= 0.3 is 11.9 Å². The number of carboxylic acids is 1. The number of nitrogens with zero attached hydrogens (tertiary/aromatic N) is 1. The third-order valence-corrected chi connectivity index (χ3v) is 4.81. The van der Waals surface area contributed by atoms with Crippen molar-refractivity contribution < 1.29 is 28.6 Å². The van der Waals surface area contributed by atoms with Gasteiger partial charge in [-0.25, -0.2) is 9.18 Å². The van der Waals surface area contributed by atoms with Crippen molar-refractivity contribution in [2.75, 3.05) is 19.8 Å². The predicted molar refractivity (Wildman–Crippen MR) is 100 cm³/mol. The average Bonchev–Trinajstić information content (AvgIpc) is 3.19. The summed E-state index contributed by atoms with van der Waals surface area (Å²) in [7, 11) is 0. The van der Waals surface area contributed by atoms with E-state index < -0.39 is 42.6 Å². The molecule has 0 aliphatic carbocycles. The van der Waals surface area contributed by atoms with Crippen LogP contribution in [0, 0.1) is 0 Å². The number of carbonyl (C=O) groups excluding carboxylic acids is 2. The van der Waals surface area contributed by atoms with Gasteiger partial charge in [-0.2, -0.15) is 0 Å². The van der Waals surface area contributed by atoms with Crippen molar-refractivity contribution in [2.24, 2.45) is 0 Å². The van der Waals surface area contributed by atoms with Crippen LogP contribution in [-0.4, -0.2) is 65.8 Å². The molecule has 1 unspecified atom stereocenters. The Morgan fingerprint density at radius 3 is 2.61 bits per heavy atom. The molecule has 2 rings (SSSR count). The number of rotatable bonds is 10. The van der Waals surface area contributed by atoms with Crippen molar-refractivity contribution in [3.8, 4) is 0 Å². The van der Waals surface area contributed by atoms with Gasteiger partial charge in [0, 0.05) is 6.54 Å². The monoisotopic (exact) mass is 394 g/mol. The highest BCUT2D eigenvalue weighted by molar-refractivity contribution is 5.88. The molecule has 1 fully saturated rings. The molecule has 1 aromatic rings. The largest absolute Gasteiger partial charge is 0.480 e. The summed E-state index contributed by atoms with van der Waals surface area (Å²) in [6, 6.07) is 6.39. The third-order valence-electron chi connectivity index (χ3n) is 4.81. The number of hydrogen-bond donors (Lipinski definition) is 2. The number of hydrogen-bond acceptors (Lipinski definition) is 5. The third kappa shape index (κ3) is 5.76. The standard InChI is InChI=1S/C20H27FN2O5/c1-2-28-20(27)15(11-10-14-7-4-3-5-8-14)22-16(13-21)18(24)23-12-6-9-17(23)19(25)26/h3-5,7-8,15-17,22H,2,6,9-13H2,1H3,(H,25,26)/t15?,16-,17-/m0/s1. The lowest BCUT2D eigenvalue weighted by molar-refractivity contribution is -0.150. The number of benzene rings is 1. The number of aliphatic carboxylic acids is 1. The summed E-state index contributed by atoms with van der Waals surface area (Å²) in [5, 5.41) is 12.0. The highest BCUT2D eigenvalue weighted by Crippen LogP contribution is 2.19. The van der Waals surface area contributed by atoms with Crippen LogP contribution in [0.5, 0.6) is 0 Å². The first-order valence-corrected chi connectivity index (χ1v) is 9.53. The second-order valence-electron chi connectivity index (χ2n) is 6.73. The fourth-order valence-electron chi connectivity index (χ4n) is 3.38. The Kier molecular flexibility index (Phi) is 8.38. The van der Waals surface area contributed by atoms with E-state index in [4.69, 9.17) is 4.74 Å². The Hall–Kier alpha value is -2.48. The molecule has 0 radical (unpaired) electrons. The van der Waals surface area contributed by atoms with Gasteiger partial charge in [0.1, 0.15) is 24.8 Å². The molecule has 0 aromatic heterocycles. The van der Waals surface area contributed by atoms with E-state index in [-0.39, 0.29) is 13.2 Å². The summed E-state index contributed by atoms with van der Waals surface area (Å²) in [6.07, 6.45) is 1.77. The fraction of sp³-hybridized carbons (Fsp3) is 0.550. The van der Waals surface area contributed by atoms with Crippen LogP contribution in [-0.2, 0) is 25.5 Å². The van der Waals surface area contributed by atoms with Crippen molar-refractivity contribution in [3.63, 3.8) is 0 Å². The molecule has 1 heterocycles. The highest BCUT2D eigenvalue weighted by Gasteiger charge is 2.38. The minimum absolute atomic E-state index is 0.170. The van der Waals surface area contributed by atoms with E-state index in [1.807, 2.05) is 30.3 Å². The molecule has 7 nitrogen and oxygen atoms in total. The molecule has 1 aliphatic rings. The van der Waals surface area contributed by atoms with Gasteiger partial charge < -0.3 is 14.7 Å². The van der Waals surface area contributed by atoms with Crippen LogP contribution in [0.15, 0.2) is 30.3 Å². The van der Waals surface area contributed by atoms with Gasteiger partial charge in [-0.3, -0.25) is 14.9 Å². The molecule has 3 atom stereocenters. The van der Waals surface area contributed by atoms with E-state index in [1.54, 1.807) is 6.92 Å². The zero-order valence-corrected chi connectivity index (χ0v) is 16.0. The number of halogens is 1. The van der Waals surface area contributed by atoms with Crippen molar-refractivity contribution >= 4 is 17.8 Å². The Balaban J connectivity index is 2.07. The van der Waals surface area contributed by atoms with Crippen molar-refractivity contribution in [2.45, 2.75) is 50.7 Å². The van der Waals surface area contributed by atoms with Crippen molar-refractivity contribution in [3.05, 3.63) is 35.9 Å². The molecule has 1 amide bonds. The smallest absolute Gasteiger partial charge is 0.326 e. The Morgan fingerprint density at radius 2 is 2.00 bits per heavy atom. The number of carboxylic acid groups (broad SMARTS) is 1. The van der Waals surface area contributed by atoms with Crippen LogP contribution in [0.1, 0.15) is 31.7 Å². The van der Waals surface area contributed by atoms with E-state index in [9.17, 15) is 23.9 Å². The van der Waals surface area contributed by atoms with E-state index in [1.165, 1.54) is 4.90 Å². The minimum Gasteiger partial charge on any atom is -0.480 e. The average molecular weight is 394 g/mol. The molecule has 154 valence electrons. The van der Waals surface area contributed by atoms with Crippen LogP contribution in [0.25, 0.3) is 0 Å². The molecule has 28 heavy (non-hydrogen) atoms. The predicted octanol–water partition coefficient (Wildman–Crippen LogP) is 1.55. The summed E-state index contributed by atoms with van der Waals surface area (Å²) in [6.45, 7) is 1.07. The fourth-order valence-corrected chi connectivity index (χ4v) is 3.38. The van der Waals surface area contributed by atoms with Gasteiger partial charge in [-0.15, -0.1) is 0 Å². The van der Waals surface area contributed by atoms with Gasteiger partial charge in [0.25, 0.3) is 0 Å². The van der Waals surface area contributed by atoms with Gasteiger partial charge in [0.2, 0.25) is 5.91 Å². The number of carbonyl (C=O) groups is 3. The van der Waals surface area contributed by atoms with Crippen molar-refractivity contribution in [1.29, 1.82) is 0 Å². The zero-order chi connectivity index (χ0) is 20.5. The summed E-state index contributed by atoms with van der Waals surface area (Å²) in [4.78, 5) is 37.5. The van der Waals surface area contributed by atoms with Crippen LogP contribution < -0.4 is 5.32 Å². The summed E-state index contributed by atoms with van der Waals surface area (Å²) in [5.74, 6) is -2.29. The lowest BCUT2D eigenvalue weighted by Crippen LogP contribution is -2.55. The number of alkyl halides is 1. The molecule has 2 N–H and O–H groups in total. The molecule has 1 aromatic carbocycles. The van der Waals surface area contributed by atoms with E-state index in [2.05, 4.69) is 5.32 Å². The molecule has 1 aliphatic heterocycles. The maximum Gasteiger partial charge on any atom is 0.326 e. The molecular weight excluding hydrogens is 367 g/mol. The maximum atomic E-state index is 13.7. The minimum atomic E-state index is -1.29. The lowest BCUT2D eigenvalue weighted by atomic mass is 10.0. The van der Waals surface area contributed by atoms with E-state index in [0.717, 1.165) is 5.56 Å². The Labute approximate surface area is 163 Å². The maximum absolute atomic E-state index is 13.7. The first-order valence-electron chi connectivity index (χ1n) is 9.53. The number of esters is 1. The van der Waals surface area contributed by atoms with Crippen LogP contribution in [0.4, 0.5) is 4.39 Å².